The fourth-order valence-electron chi connectivity index (χ4n) is 3.38. The highest BCUT2D eigenvalue weighted by Gasteiger charge is 2.21. The minimum absolute atomic E-state index is 0.230. The number of carbonyl (C=O) groups is 1. The van der Waals surface area contributed by atoms with Gasteiger partial charge in [-0.15, -0.1) is 0 Å². The smallest absolute Gasteiger partial charge is 0.227 e. The van der Waals surface area contributed by atoms with Crippen LogP contribution in [0.25, 0.3) is 0 Å². The highest BCUT2D eigenvalue weighted by Crippen LogP contribution is 2.13. The Hall–Kier alpha value is -2.17. The van der Waals surface area contributed by atoms with Crippen LogP contribution in [0.15, 0.2) is 54.6 Å². The zero-order chi connectivity index (χ0) is 19.1. The first-order chi connectivity index (χ1) is 13.1. The second-order valence-corrected chi connectivity index (χ2v) is 7.50. The topological polar surface area (TPSA) is 32.8 Å². The lowest BCUT2D eigenvalue weighted by molar-refractivity contribution is -0.132. The molecule has 27 heavy (non-hydrogen) atoms. The predicted octanol–water partition coefficient (Wildman–Crippen LogP) is 3.50. The largest absolute Gasteiger partial charge is 0.374 e. The molecule has 144 valence electrons. The third kappa shape index (κ3) is 6.19. The summed E-state index contributed by atoms with van der Waals surface area (Å²) in [6, 6.07) is 18.6. The van der Waals surface area contributed by atoms with Crippen molar-refractivity contribution in [2.75, 3.05) is 26.2 Å². The van der Waals surface area contributed by atoms with Crippen LogP contribution in [0.1, 0.15) is 30.5 Å². The Labute approximate surface area is 162 Å². The molecule has 0 saturated carbocycles. The van der Waals surface area contributed by atoms with Crippen LogP contribution in [-0.2, 0) is 29.1 Å². The molecular formula is C23H30N2O2. The normalized spacial score (nSPS) is 15.3. The lowest BCUT2D eigenvalue weighted by Gasteiger charge is -2.35. The van der Waals surface area contributed by atoms with E-state index in [1.165, 1.54) is 11.1 Å². The number of hydrogen-bond donors (Lipinski definition) is 0. The summed E-state index contributed by atoms with van der Waals surface area (Å²) in [7, 11) is 0. The maximum absolute atomic E-state index is 12.5. The summed E-state index contributed by atoms with van der Waals surface area (Å²) in [5.74, 6) is 0.230. The van der Waals surface area contributed by atoms with Crippen molar-refractivity contribution < 1.29 is 9.53 Å². The summed E-state index contributed by atoms with van der Waals surface area (Å²) < 4.78 is 5.70. The number of amides is 1. The Bertz CT molecular complexity index is 722. The van der Waals surface area contributed by atoms with Crippen molar-refractivity contribution in [2.24, 2.45) is 0 Å². The van der Waals surface area contributed by atoms with Gasteiger partial charge in [0.1, 0.15) is 0 Å². The van der Waals surface area contributed by atoms with E-state index < -0.39 is 0 Å². The van der Waals surface area contributed by atoms with E-state index in [2.05, 4.69) is 43.0 Å². The summed E-state index contributed by atoms with van der Waals surface area (Å²) in [6.45, 7) is 9.17. The summed E-state index contributed by atoms with van der Waals surface area (Å²) in [5, 5.41) is 0. The van der Waals surface area contributed by atoms with E-state index in [0.29, 0.717) is 13.0 Å². The molecule has 1 aliphatic heterocycles. The Morgan fingerprint density at radius 3 is 2.30 bits per heavy atom. The first-order valence-electron chi connectivity index (χ1n) is 9.83. The second kappa shape index (κ2) is 9.67. The maximum atomic E-state index is 12.5. The monoisotopic (exact) mass is 366 g/mol. The van der Waals surface area contributed by atoms with Crippen molar-refractivity contribution >= 4 is 5.91 Å². The molecule has 1 saturated heterocycles. The van der Waals surface area contributed by atoms with E-state index in [-0.39, 0.29) is 12.0 Å². The molecule has 1 aliphatic rings. The van der Waals surface area contributed by atoms with Crippen molar-refractivity contribution in [1.82, 2.24) is 9.80 Å². The van der Waals surface area contributed by atoms with Gasteiger partial charge in [-0.05, 0) is 30.5 Å². The molecule has 2 aromatic rings. The van der Waals surface area contributed by atoms with E-state index in [1.54, 1.807) is 0 Å². The third-order valence-electron chi connectivity index (χ3n) is 4.90. The molecule has 0 aromatic heterocycles. The standard InChI is InChI=1S/C23H30N2O2/c1-19(2)27-18-22-10-6-9-21(15-22)17-24-11-13-25(14-12-24)23(26)16-20-7-4-3-5-8-20/h3-10,15,19H,11-14,16-18H2,1-2H3. The molecule has 0 radical (unpaired) electrons. The van der Waals surface area contributed by atoms with E-state index in [1.807, 2.05) is 35.2 Å². The van der Waals surface area contributed by atoms with Crippen molar-refractivity contribution in [2.45, 2.75) is 39.5 Å². The first-order valence-corrected chi connectivity index (χ1v) is 9.83. The molecule has 2 aromatic carbocycles. The molecule has 0 atom stereocenters. The maximum Gasteiger partial charge on any atom is 0.227 e. The van der Waals surface area contributed by atoms with Gasteiger partial charge in [-0.3, -0.25) is 9.69 Å². The predicted molar refractivity (Wildman–Crippen MR) is 108 cm³/mol. The Balaban J connectivity index is 1.46. The van der Waals surface area contributed by atoms with Gasteiger partial charge >= 0.3 is 0 Å². The van der Waals surface area contributed by atoms with Gasteiger partial charge in [0.05, 0.1) is 19.1 Å². The zero-order valence-electron chi connectivity index (χ0n) is 16.4. The summed E-state index contributed by atoms with van der Waals surface area (Å²) in [5.41, 5.74) is 3.62. The summed E-state index contributed by atoms with van der Waals surface area (Å²) in [6.07, 6.45) is 0.744. The minimum atomic E-state index is 0.230. The van der Waals surface area contributed by atoms with Gasteiger partial charge in [-0.2, -0.15) is 0 Å². The molecule has 0 unspecified atom stereocenters. The van der Waals surface area contributed by atoms with Gasteiger partial charge in [0.25, 0.3) is 0 Å². The number of hydrogen-bond acceptors (Lipinski definition) is 3. The molecule has 4 heteroatoms. The van der Waals surface area contributed by atoms with Gasteiger partial charge in [0.2, 0.25) is 5.91 Å². The molecule has 0 bridgehead atoms. The average molecular weight is 367 g/mol. The number of rotatable bonds is 7. The fraction of sp³-hybridized carbons (Fsp3) is 0.435. The quantitative estimate of drug-likeness (QED) is 0.752. The molecule has 0 aliphatic carbocycles. The number of nitrogens with zero attached hydrogens (tertiary/aromatic N) is 2. The first kappa shape index (κ1) is 19.6. The van der Waals surface area contributed by atoms with E-state index in [0.717, 1.165) is 38.3 Å². The fourth-order valence-corrected chi connectivity index (χ4v) is 3.38. The van der Waals surface area contributed by atoms with E-state index >= 15 is 0 Å². The lowest BCUT2D eigenvalue weighted by Crippen LogP contribution is -2.48. The van der Waals surface area contributed by atoms with E-state index in [4.69, 9.17) is 4.74 Å². The Morgan fingerprint density at radius 2 is 1.59 bits per heavy atom. The lowest BCUT2D eigenvalue weighted by atomic mass is 10.1. The molecule has 3 rings (SSSR count). The Kier molecular flexibility index (Phi) is 7.02. The SMILES string of the molecule is CC(C)OCc1cccc(CN2CCN(C(=O)Cc3ccccc3)CC2)c1. The van der Waals surface area contributed by atoms with Crippen LogP contribution in [0.5, 0.6) is 0 Å². The van der Waals surface area contributed by atoms with Gasteiger partial charge in [-0.1, -0.05) is 54.6 Å². The molecule has 1 amide bonds. The van der Waals surface area contributed by atoms with Crippen LogP contribution in [-0.4, -0.2) is 48.0 Å². The summed E-state index contributed by atoms with van der Waals surface area (Å²) >= 11 is 0. The van der Waals surface area contributed by atoms with Crippen molar-refractivity contribution in [3.63, 3.8) is 0 Å². The van der Waals surface area contributed by atoms with Crippen LogP contribution < -0.4 is 0 Å². The van der Waals surface area contributed by atoms with Crippen LogP contribution >= 0.6 is 0 Å². The number of piperazine rings is 1. The second-order valence-electron chi connectivity index (χ2n) is 7.50. The number of ether oxygens (including phenoxy) is 1. The van der Waals surface area contributed by atoms with Gasteiger partial charge < -0.3 is 9.64 Å². The number of carbonyl (C=O) groups excluding carboxylic acids is 1. The summed E-state index contributed by atoms with van der Waals surface area (Å²) in [4.78, 5) is 16.9. The van der Waals surface area contributed by atoms with E-state index in [9.17, 15) is 4.79 Å². The molecule has 1 heterocycles. The average Bonchev–Trinajstić information content (AvgIpc) is 2.68. The Morgan fingerprint density at radius 1 is 0.926 bits per heavy atom. The van der Waals surface area contributed by atoms with Crippen LogP contribution in [0.4, 0.5) is 0 Å². The molecule has 1 fully saturated rings. The van der Waals surface area contributed by atoms with Crippen molar-refractivity contribution in [3.8, 4) is 0 Å². The van der Waals surface area contributed by atoms with Gasteiger partial charge in [0, 0.05) is 32.7 Å². The minimum Gasteiger partial charge on any atom is -0.374 e. The third-order valence-corrected chi connectivity index (χ3v) is 4.90. The molecule has 0 N–H and O–H groups in total. The highest BCUT2D eigenvalue weighted by atomic mass is 16.5. The van der Waals surface area contributed by atoms with Gasteiger partial charge in [-0.25, -0.2) is 0 Å². The molecule has 4 nitrogen and oxygen atoms in total. The van der Waals surface area contributed by atoms with Crippen molar-refractivity contribution in [3.05, 3.63) is 71.3 Å². The zero-order valence-corrected chi connectivity index (χ0v) is 16.4. The number of benzene rings is 2. The van der Waals surface area contributed by atoms with Crippen LogP contribution in [0, 0.1) is 0 Å². The van der Waals surface area contributed by atoms with Crippen LogP contribution in [0.2, 0.25) is 0 Å². The molecular weight excluding hydrogens is 336 g/mol. The van der Waals surface area contributed by atoms with Gasteiger partial charge in [0.15, 0.2) is 0 Å². The molecule has 0 spiro atoms. The highest BCUT2D eigenvalue weighted by molar-refractivity contribution is 5.78. The van der Waals surface area contributed by atoms with Crippen molar-refractivity contribution in [1.29, 1.82) is 0 Å². The van der Waals surface area contributed by atoms with Crippen LogP contribution in [0.3, 0.4) is 0 Å².